The van der Waals surface area contributed by atoms with Crippen LogP contribution in [0.5, 0.6) is 5.75 Å². The van der Waals surface area contributed by atoms with Crippen LogP contribution >= 0.6 is 0 Å². The second-order valence-electron chi connectivity index (χ2n) is 12.5. The number of carbonyl (C=O) groups excluding carboxylic acids is 3. The van der Waals surface area contributed by atoms with E-state index in [1.54, 1.807) is 24.3 Å². The number of anilines is 3. The normalized spacial score (nSPS) is 24.9. The van der Waals surface area contributed by atoms with Crippen molar-refractivity contribution in [3.63, 3.8) is 0 Å². The van der Waals surface area contributed by atoms with Gasteiger partial charge in [-0.25, -0.2) is 0 Å². The van der Waals surface area contributed by atoms with E-state index in [9.17, 15) is 19.5 Å². The van der Waals surface area contributed by atoms with Crippen molar-refractivity contribution >= 4 is 34.8 Å². The zero-order valence-electron chi connectivity index (χ0n) is 27.2. The number of aliphatic hydroxyl groups excluding tert-OH is 1. The molecule has 6 atom stereocenters. The van der Waals surface area contributed by atoms with Crippen molar-refractivity contribution in [1.29, 1.82) is 0 Å². The van der Waals surface area contributed by atoms with Gasteiger partial charge in [0.25, 0.3) is 0 Å². The molecule has 0 saturated carbocycles. The van der Waals surface area contributed by atoms with E-state index < -0.39 is 41.5 Å². The maximum Gasteiger partial charge on any atom is 0.250 e. The maximum absolute atomic E-state index is 14.6. The molecule has 6 rings (SSSR count). The molecule has 2 bridgehead atoms. The van der Waals surface area contributed by atoms with E-state index in [-0.39, 0.29) is 18.4 Å². The molecule has 1 spiro atoms. The van der Waals surface area contributed by atoms with Gasteiger partial charge in [0.05, 0.1) is 37.2 Å². The van der Waals surface area contributed by atoms with Crippen LogP contribution in [0.25, 0.3) is 0 Å². The lowest BCUT2D eigenvalue weighted by molar-refractivity contribution is -0.143. The number of nitrogens with zero attached hydrogens (tertiary/aromatic N) is 2. The molecule has 0 aromatic heterocycles. The molecule has 3 aliphatic heterocycles. The number of aliphatic hydroxyl groups is 1. The third-order valence-electron chi connectivity index (χ3n) is 9.90. The SMILES string of the molecule is CCOc1ccc(NC(=O)[C@@H]2[C@H]3C(=O)N([C@@H](CO)Cc4ccccc4)C(C(=O)Nc4ccc(N(CC)CC)cc4)C34CC[C@H]2O4)cc1. The van der Waals surface area contributed by atoms with Crippen LogP contribution in [0, 0.1) is 11.8 Å². The number of hydrogen-bond acceptors (Lipinski definition) is 7. The average molecular weight is 641 g/mol. The lowest BCUT2D eigenvalue weighted by Gasteiger charge is -2.36. The van der Waals surface area contributed by atoms with E-state index in [1.807, 2.05) is 61.5 Å². The van der Waals surface area contributed by atoms with Crippen LogP contribution in [0.15, 0.2) is 78.9 Å². The molecule has 3 aliphatic rings. The highest BCUT2D eigenvalue weighted by Crippen LogP contribution is 2.59. The van der Waals surface area contributed by atoms with Crippen molar-refractivity contribution in [2.24, 2.45) is 11.8 Å². The molecule has 3 aromatic rings. The van der Waals surface area contributed by atoms with E-state index in [0.29, 0.717) is 43.0 Å². The first kappa shape index (κ1) is 32.5. The molecule has 10 nitrogen and oxygen atoms in total. The second kappa shape index (κ2) is 13.8. The topological polar surface area (TPSA) is 120 Å². The number of amides is 3. The van der Waals surface area contributed by atoms with E-state index in [2.05, 4.69) is 29.4 Å². The van der Waals surface area contributed by atoms with Crippen LogP contribution in [0.3, 0.4) is 0 Å². The zero-order chi connectivity index (χ0) is 33.1. The summed E-state index contributed by atoms with van der Waals surface area (Å²) in [6.07, 6.45) is 0.851. The average Bonchev–Trinajstić information content (AvgIpc) is 3.74. The van der Waals surface area contributed by atoms with Gasteiger partial charge in [-0.1, -0.05) is 30.3 Å². The van der Waals surface area contributed by atoms with Gasteiger partial charge in [0.2, 0.25) is 17.7 Å². The molecular formula is C37H44N4O6. The Labute approximate surface area is 276 Å². The quantitative estimate of drug-likeness (QED) is 0.252. The molecule has 3 saturated heterocycles. The number of fused-ring (bicyclic) bond motifs is 1. The van der Waals surface area contributed by atoms with Gasteiger partial charge in [-0.15, -0.1) is 0 Å². The van der Waals surface area contributed by atoms with Crippen molar-refractivity contribution in [2.45, 2.75) is 63.8 Å². The summed E-state index contributed by atoms with van der Waals surface area (Å²) in [5.74, 6) is -2.01. The minimum absolute atomic E-state index is 0.323. The monoisotopic (exact) mass is 640 g/mol. The Morgan fingerprint density at radius 1 is 0.957 bits per heavy atom. The van der Waals surface area contributed by atoms with Gasteiger partial charge in [0, 0.05) is 30.2 Å². The minimum Gasteiger partial charge on any atom is -0.494 e. The summed E-state index contributed by atoms with van der Waals surface area (Å²) in [4.78, 5) is 46.5. The number of rotatable bonds is 13. The highest BCUT2D eigenvalue weighted by molar-refractivity contribution is 6.05. The summed E-state index contributed by atoms with van der Waals surface area (Å²) in [6.45, 7) is 8.00. The highest BCUT2D eigenvalue weighted by Gasteiger charge is 2.75. The van der Waals surface area contributed by atoms with E-state index in [0.717, 1.165) is 24.3 Å². The lowest BCUT2D eigenvalue weighted by atomic mass is 9.70. The second-order valence-corrected chi connectivity index (χ2v) is 12.5. The Kier molecular flexibility index (Phi) is 9.52. The summed E-state index contributed by atoms with van der Waals surface area (Å²) in [5.41, 5.74) is 1.95. The summed E-state index contributed by atoms with van der Waals surface area (Å²) in [7, 11) is 0. The van der Waals surface area contributed by atoms with Crippen molar-refractivity contribution in [2.75, 3.05) is 41.8 Å². The van der Waals surface area contributed by atoms with Crippen molar-refractivity contribution in [1.82, 2.24) is 4.90 Å². The highest BCUT2D eigenvalue weighted by atomic mass is 16.5. The molecule has 0 aliphatic carbocycles. The summed E-state index contributed by atoms with van der Waals surface area (Å²) < 4.78 is 12.1. The number of likely N-dealkylation sites (tertiary alicyclic amines) is 1. The Hall–Kier alpha value is -4.41. The van der Waals surface area contributed by atoms with Gasteiger partial charge in [-0.3, -0.25) is 14.4 Å². The van der Waals surface area contributed by atoms with Crippen molar-refractivity contribution < 1.29 is 29.0 Å². The molecule has 3 N–H and O–H groups in total. The Morgan fingerprint density at radius 3 is 2.21 bits per heavy atom. The molecule has 10 heteroatoms. The molecule has 47 heavy (non-hydrogen) atoms. The Bertz CT molecular complexity index is 1560. The number of ether oxygens (including phenoxy) is 2. The van der Waals surface area contributed by atoms with Gasteiger partial charge in [-0.2, -0.15) is 0 Å². The molecular weight excluding hydrogens is 596 g/mol. The van der Waals surface area contributed by atoms with Crippen LogP contribution in [0.1, 0.15) is 39.2 Å². The standard InChI is InChI=1S/C37H44N4O6/c1-4-40(5-2)27-16-12-25(13-17-27)39-35(44)33-37-21-20-30(47-37)31(34(43)38-26-14-18-29(19-15-26)46-6-3)32(37)36(45)41(33)28(23-42)22-24-10-8-7-9-11-24/h7-19,28,30-33,42H,4-6,20-23H2,1-3H3,(H,38,43)(H,39,44)/t28-,30-,31+,32+,33?,37?/m1/s1. The fraction of sp³-hybridized carbons (Fsp3) is 0.432. The van der Waals surface area contributed by atoms with Gasteiger partial charge >= 0.3 is 0 Å². The molecule has 2 unspecified atom stereocenters. The zero-order valence-corrected chi connectivity index (χ0v) is 27.2. The van der Waals surface area contributed by atoms with Crippen molar-refractivity contribution in [3.05, 3.63) is 84.4 Å². The van der Waals surface area contributed by atoms with Gasteiger partial charge in [0.1, 0.15) is 17.4 Å². The Balaban J connectivity index is 1.31. The minimum atomic E-state index is -1.20. The smallest absolute Gasteiger partial charge is 0.250 e. The first-order valence-corrected chi connectivity index (χ1v) is 16.7. The molecule has 248 valence electrons. The predicted octanol–water partition coefficient (Wildman–Crippen LogP) is 4.49. The van der Waals surface area contributed by atoms with Crippen LogP contribution in [0.4, 0.5) is 17.1 Å². The fourth-order valence-electron chi connectivity index (χ4n) is 7.80. The maximum atomic E-state index is 14.6. The number of nitrogens with one attached hydrogen (secondary N) is 2. The molecule has 3 heterocycles. The van der Waals surface area contributed by atoms with Gasteiger partial charge in [-0.05, 0) is 94.1 Å². The molecule has 3 amide bonds. The largest absolute Gasteiger partial charge is 0.494 e. The number of benzene rings is 3. The van der Waals surface area contributed by atoms with E-state index in [4.69, 9.17) is 9.47 Å². The predicted molar refractivity (Wildman–Crippen MR) is 180 cm³/mol. The first-order chi connectivity index (χ1) is 22.8. The third-order valence-corrected chi connectivity index (χ3v) is 9.90. The van der Waals surface area contributed by atoms with Crippen LogP contribution in [0.2, 0.25) is 0 Å². The third kappa shape index (κ3) is 6.07. The van der Waals surface area contributed by atoms with Gasteiger partial charge in [0.15, 0.2) is 0 Å². The van der Waals surface area contributed by atoms with Gasteiger partial charge < -0.3 is 35.0 Å². The molecule has 3 aromatic carbocycles. The fourth-order valence-corrected chi connectivity index (χ4v) is 7.80. The molecule has 0 radical (unpaired) electrons. The first-order valence-electron chi connectivity index (χ1n) is 16.7. The number of carbonyl (C=O) groups is 3. The van der Waals surface area contributed by atoms with E-state index >= 15 is 0 Å². The van der Waals surface area contributed by atoms with Crippen LogP contribution < -0.4 is 20.3 Å². The summed E-state index contributed by atoms with van der Waals surface area (Å²) in [6, 6.07) is 22.6. The summed E-state index contributed by atoms with van der Waals surface area (Å²) >= 11 is 0. The number of hydrogen-bond donors (Lipinski definition) is 3. The molecule has 3 fully saturated rings. The van der Waals surface area contributed by atoms with Crippen molar-refractivity contribution in [3.8, 4) is 5.75 Å². The van der Waals surface area contributed by atoms with Crippen LogP contribution in [-0.2, 0) is 25.5 Å². The summed E-state index contributed by atoms with van der Waals surface area (Å²) in [5, 5.41) is 16.7. The van der Waals surface area contributed by atoms with E-state index in [1.165, 1.54) is 4.90 Å². The lowest BCUT2D eigenvalue weighted by Crippen LogP contribution is -2.56. The Morgan fingerprint density at radius 2 is 1.60 bits per heavy atom. The van der Waals surface area contributed by atoms with Crippen LogP contribution in [-0.4, -0.2) is 77.8 Å².